The van der Waals surface area contributed by atoms with Crippen molar-refractivity contribution in [1.82, 2.24) is 10.2 Å². The van der Waals surface area contributed by atoms with Crippen LogP contribution in [0.25, 0.3) is 0 Å². The van der Waals surface area contributed by atoms with Crippen LogP contribution >= 0.6 is 12.4 Å². The number of nitrogens with one attached hydrogen (secondary N) is 1. The van der Waals surface area contributed by atoms with Crippen LogP contribution in [0.5, 0.6) is 5.75 Å². The Bertz CT molecular complexity index is 977. The molecule has 8 heteroatoms. The number of rotatable bonds is 4. The van der Waals surface area contributed by atoms with Crippen LogP contribution in [0, 0.1) is 0 Å². The van der Waals surface area contributed by atoms with Crippen molar-refractivity contribution in [3.05, 3.63) is 59.2 Å². The molecule has 0 spiro atoms. The van der Waals surface area contributed by atoms with Gasteiger partial charge < -0.3 is 15.0 Å². The number of ether oxygens (including phenoxy) is 1. The molecule has 2 aliphatic rings. The maximum Gasteiger partial charge on any atom is 0.266 e. The molecule has 2 aromatic rings. The van der Waals surface area contributed by atoms with Gasteiger partial charge in [0.1, 0.15) is 5.75 Å². The lowest BCUT2D eigenvalue weighted by Crippen LogP contribution is -2.52. The molecule has 0 bridgehead atoms. The van der Waals surface area contributed by atoms with Gasteiger partial charge in [0.05, 0.1) is 23.4 Å². The molecule has 0 aliphatic carbocycles. The van der Waals surface area contributed by atoms with Gasteiger partial charge in [0.2, 0.25) is 0 Å². The van der Waals surface area contributed by atoms with Crippen LogP contribution in [0.1, 0.15) is 44.9 Å². The number of piperazine rings is 1. The maximum absolute atomic E-state index is 13.0. The number of halogens is 1. The summed E-state index contributed by atoms with van der Waals surface area (Å²) < 4.78 is 5.41. The Morgan fingerprint density at radius 1 is 1.10 bits per heavy atom. The Balaban J connectivity index is 0.00000256. The number of anilines is 1. The van der Waals surface area contributed by atoms with Crippen LogP contribution < -0.4 is 15.0 Å². The molecule has 1 N–H and O–H groups in total. The van der Waals surface area contributed by atoms with E-state index in [1.54, 1.807) is 47.4 Å². The summed E-state index contributed by atoms with van der Waals surface area (Å²) in [6.45, 7) is 6.50. The van der Waals surface area contributed by atoms with Crippen LogP contribution in [0.2, 0.25) is 0 Å². The number of benzene rings is 2. The lowest BCUT2D eigenvalue weighted by atomic mass is 10.0. The minimum Gasteiger partial charge on any atom is -0.494 e. The van der Waals surface area contributed by atoms with Gasteiger partial charge in [0.25, 0.3) is 17.7 Å². The third kappa shape index (κ3) is 3.78. The number of nitrogens with zero attached hydrogens (tertiary/aromatic N) is 2. The zero-order valence-corrected chi connectivity index (χ0v) is 17.7. The van der Waals surface area contributed by atoms with E-state index in [-0.39, 0.29) is 35.8 Å². The third-order valence-corrected chi connectivity index (χ3v) is 5.30. The van der Waals surface area contributed by atoms with Gasteiger partial charge in [-0.15, -0.1) is 12.4 Å². The highest BCUT2D eigenvalue weighted by molar-refractivity contribution is 6.34. The summed E-state index contributed by atoms with van der Waals surface area (Å²) in [5.41, 5.74) is 1.47. The molecule has 2 aromatic carbocycles. The molecule has 3 amide bonds. The lowest BCUT2D eigenvalue weighted by molar-refractivity contribution is 0.0655. The van der Waals surface area contributed by atoms with Gasteiger partial charge in [-0.05, 0) is 56.3 Å². The minimum atomic E-state index is -0.419. The predicted molar refractivity (Wildman–Crippen MR) is 116 cm³/mol. The average Bonchev–Trinajstić information content (AvgIpc) is 2.99. The van der Waals surface area contributed by atoms with E-state index in [0.717, 1.165) is 18.0 Å². The van der Waals surface area contributed by atoms with Gasteiger partial charge in [0.15, 0.2) is 0 Å². The second-order valence-electron chi connectivity index (χ2n) is 7.18. The number of imide groups is 1. The van der Waals surface area contributed by atoms with Crippen molar-refractivity contribution in [2.45, 2.75) is 19.9 Å². The molecular weight excluding hydrogens is 406 g/mol. The molecule has 1 unspecified atom stereocenters. The standard InChI is InChI=1S/C22H23N3O4.ClH/c1-3-29-17-7-5-16(6-8-17)25-21(27)18-9-4-15(12-19(18)22(25)28)20(26)24-11-10-23-13-14(24)2;/h4-9,12,14,23H,3,10-11,13H2,1-2H3;1H. The molecule has 2 aliphatic heterocycles. The Kier molecular flexibility index (Phi) is 6.43. The van der Waals surface area contributed by atoms with Crippen molar-refractivity contribution in [3.63, 3.8) is 0 Å². The monoisotopic (exact) mass is 429 g/mol. The first-order valence-corrected chi connectivity index (χ1v) is 9.78. The summed E-state index contributed by atoms with van der Waals surface area (Å²) in [7, 11) is 0. The quantitative estimate of drug-likeness (QED) is 0.756. The lowest BCUT2D eigenvalue weighted by Gasteiger charge is -2.34. The van der Waals surface area contributed by atoms with Crippen LogP contribution in [-0.2, 0) is 0 Å². The summed E-state index contributed by atoms with van der Waals surface area (Å²) in [5, 5.41) is 3.25. The topological polar surface area (TPSA) is 79.0 Å². The highest BCUT2D eigenvalue weighted by Gasteiger charge is 2.37. The van der Waals surface area contributed by atoms with Gasteiger partial charge in [-0.3, -0.25) is 14.4 Å². The van der Waals surface area contributed by atoms with Crippen LogP contribution in [0.3, 0.4) is 0 Å². The van der Waals surface area contributed by atoms with Gasteiger partial charge in [-0.1, -0.05) is 0 Å². The molecule has 7 nitrogen and oxygen atoms in total. The zero-order chi connectivity index (χ0) is 20.5. The first kappa shape index (κ1) is 21.8. The number of hydrogen-bond acceptors (Lipinski definition) is 5. The number of carbonyl (C=O) groups excluding carboxylic acids is 3. The van der Waals surface area contributed by atoms with E-state index in [2.05, 4.69) is 5.32 Å². The summed E-state index contributed by atoms with van der Waals surface area (Å²) in [5.74, 6) is -0.256. The van der Waals surface area contributed by atoms with Gasteiger partial charge >= 0.3 is 0 Å². The Labute approximate surface area is 181 Å². The molecule has 1 atom stereocenters. The highest BCUT2D eigenvalue weighted by atomic mass is 35.5. The smallest absolute Gasteiger partial charge is 0.266 e. The Morgan fingerprint density at radius 2 is 1.80 bits per heavy atom. The fourth-order valence-electron chi connectivity index (χ4n) is 3.78. The van der Waals surface area contributed by atoms with E-state index in [1.807, 2.05) is 13.8 Å². The van der Waals surface area contributed by atoms with Gasteiger partial charge in [0, 0.05) is 31.2 Å². The fourth-order valence-corrected chi connectivity index (χ4v) is 3.78. The van der Waals surface area contributed by atoms with Crippen molar-refractivity contribution in [3.8, 4) is 5.75 Å². The predicted octanol–water partition coefficient (Wildman–Crippen LogP) is 2.74. The molecule has 0 radical (unpaired) electrons. The summed E-state index contributed by atoms with van der Waals surface area (Å²) in [6, 6.07) is 11.6. The zero-order valence-electron chi connectivity index (χ0n) is 16.9. The molecule has 0 saturated carbocycles. The van der Waals surface area contributed by atoms with E-state index in [0.29, 0.717) is 35.7 Å². The van der Waals surface area contributed by atoms with E-state index < -0.39 is 5.91 Å². The summed E-state index contributed by atoms with van der Waals surface area (Å²) >= 11 is 0. The number of amides is 3. The molecule has 4 rings (SSSR count). The number of hydrogen-bond donors (Lipinski definition) is 1. The molecule has 158 valence electrons. The van der Waals surface area contributed by atoms with E-state index >= 15 is 0 Å². The first-order chi connectivity index (χ1) is 14.0. The van der Waals surface area contributed by atoms with Crippen molar-refractivity contribution in [2.24, 2.45) is 0 Å². The van der Waals surface area contributed by atoms with E-state index in [1.165, 1.54) is 0 Å². The normalized spacial score (nSPS) is 18.1. The van der Waals surface area contributed by atoms with Gasteiger partial charge in [-0.25, -0.2) is 4.90 Å². The molecule has 1 fully saturated rings. The van der Waals surface area contributed by atoms with Gasteiger partial charge in [-0.2, -0.15) is 0 Å². The second-order valence-corrected chi connectivity index (χ2v) is 7.18. The van der Waals surface area contributed by atoms with Crippen molar-refractivity contribution >= 4 is 35.8 Å². The SMILES string of the molecule is CCOc1ccc(N2C(=O)c3ccc(C(=O)N4CCNCC4C)cc3C2=O)cc1.Cl. The minimum absolute atomic E-state index is 0. The maximum atomic E-state index is 13.0. The van der Waals surface area contributed by atoms with Crippen molar-refractivity contribution in [1.29, 1.82) is 0 Å². The van der Waals surface area contributed by atoms with E-state index in [9.17, 15) is 14.4 Å². The second kappa shape index (κ2) is 8.85. The number of carbonyl (C=O) groups is 3. The third-order valence-electron chi connectivity index (χ3n) is 5.30. The Morgan fingerprint density at radius 3 is 2.47 bits per heavy atom. The highest BCUT2D eigenvalue weighted by Crippen LogP contribution is 2.30. The van der Waals surface area contributed by atoms with Crippen LogP contribution in [0.4, 0.5) is 5.69 Å². The summed E-state index contributed by atoms with van der Waals surface area (Å²) in [6.07, 6.45) is 0. The number of fused-ring (bicyclic) bond motifs is 1. The molecule has 2 heterocycles. The largest absolute Gasteiger partial charge is 0.494 e. The van der Waals surface area contributed by atoms with Crippen molar-refractivity contribution in [2.75, 3.05) is 31.1 Å². The average molecular weight is 430 g/mol. The van der Waals surface area contributed by atoms with Crippen molar-refractivity contribution < 1.29 is 19.1 Å². The molecule has 1 saturated heterocycles. The van der Waals surface area contributed by atoms with Crippen LogP contribution in [-0.4, -0.2) is 54.9 Å². The van der Waals surface area contributed by atoms with Crippen LogP contribution in [0.15, 0.2) is 42.5 Å². The fraction of sp³-hybridized carbons (Fsp3) is 0.318. The Hall–Kier alpha value is -2.90. The first-order valence-electron chi connectivity index (χ1n) is 9.78. The molecular formula is C22H24ClN3O4. The summed E-state index contributed by atoms with van der Waals surface area (Å²) in [4.78, 5) is 41.7. The molecule has 0 aromatic heterocycles. The van der Waals surface area contributed by atoms with E-state index in [4.69, 9.17) is 4.74 Å². The molecule has 30 heavy (non-hydrogen) atoms.